The maximum absolute atomic E-state index is 6.04. The van der Waals surface area contributed by atoms with Crippen molar-refractivity contribution in [2.75, 3.05) is 5.43 Å². The minimum absolute atomic E-state index is 0.732. The minimum atomic E-state index is 0.732. The lowest BCUT2D eigenvalue weighted by atomic mass is 10.2. The zero-order valence-electron chi connectivity index (χ0n) is 9.82. The first-order valence-corrected chi connectivity index (χ1v) is 6.63. The van der Waals surface area contributed by atoms with Gasteiger partial charge in [0.15, 0.2) is 0 Å². The van der Waals surface area contributed by atoms with Gasteiger partial charge in [-0.25, -0.2) is 0 Å². The average molecular weight is 324 g/mol. The van der Waals surface area contributed by atoms with Gasteiger partial charge >= 0.3 is 0 Å². The van der Waals surface area contributed by atoms with Crippen molar-refractivity contribution in [3.05, 3.63) is 63.1 Å². The highest BCUT2D eigenvalue weighted by molar-refractivity contribution is 9.10. The van der Waals surface area contributed by atoms with E-state index in [0.717, 1.165) is 26.3 Å². The molecule has 4 heteroatoms. The van der Waals surface area contributed by atoms with Crippen molar-refractivity contribution < 1.29 is 0 Å². The Kier molecular flexibility index (Phi) is 4.39. The molecule has 0 amide bonds. The molecule has 0 saturated carbocycles. The van der Waals surface area contributed by atoms with Crippen LogP contribution in [0.15, 0.2) is 52.0 Å². The number of hydrogen-bond acceptors (Lipinski definition) is 2. The predicted molar refractivity (Wildman–Crippen MR) is 81.5 cm³/mol. The number of nitrogens with one attached hydrogen (secondary N) is 1. The van der Waals surface area contributed by atoms with Crippen molar-refractivity contribution in [2.24, 2.45) is 5.10 Å². The van der Waals surface area contributed by atoms with E-state index in [1.54, 1.807) is 6.21 Å². The lowest BCUT2D eigenvalue weighted by Crippen LogP contribution is -1.91. The Bertz CT molecular complexity index is 582. The monoisotopic (exact) mass is 322 g/mol. The van der Waals surface area contributed by atoms with E-state index in [1.165, 1.54) is 0 Å². The highest BCUT2D eigenvalue weighted by Crippen LogP contribution is 2.20. The topological polar surface area (TPSA) is 24.4 Å². The van der Waals surface area contributed by atoms with Crippen molar-refractivity contribution >= 4 is 39.4 Å². The largest absolute Gasteiger partial charge is 0.278 e. The summed E-state index contributed by atoms with van der Waals surface area (Å²) in [4.78, 5) is 0. The van der Waals surface area contributed by atoms with Gasteiger partial charge in [-0.2, -0.15) is 5.10 Å². The van der Waals surface area contributed by atoms with Crippen LogP contribution in [-0.2, 0) is 0 Å². The van der Waals surface area contributed by atoms with Crippen LogP contribution < -0.4 is 5.43 Å². The van der Waals surface area contributed by atoms with Crippen molar-refractivity contribution in [1.29, 1.82) is 0 Å². The van der Waals surface area contributed by atoms with E-state index in [9.17, 15) is 0 Å². The Morgan fingerprint density at radius 3 is 2.72 bits per heavy atom. The molecule has 0 heterocycles. The summed E-state index contributed by atoms with van der Waals surface area (Å²) in [6.45, 7) is 1.97. The number of rotatable bonds is 3. The first-order valence-electron chi connectivity index (χ1n) is 5.46. The van der Waals surface area contributed by atoms with E-state index in [-0.39, 0.29) is 0 Å². The van der Waals surface area contributed by atoms with Gasteiger partial charge in [-0.3, -0.25) is 5.43 Å². The van der Waals surface area contributed by atoms with Crippen LogP contribution in [0.4, 0.5) is 5.69 Å². The van der Waals surface area contributed by atoms with Gasteiger partial charge in [0.05, 0.1) is 11.9 Å². The predicted octanol–water partition coefficient (Wildman–Crippen LogP) is 4.86. The third-order valence-electron chi connectivity index (χ3n) is 2.47. The molecule has 0 radical (unpaired) electrons. The van der Waals surface area contributed by atoms with E-state index in [0.29, 0.717) is 0 Å². The summed E-state index contributed by atoms with van der Waals surface area (Å²) in [5.41, 5.74) is 5.89. The van der Waals surface area contributed by atoms with Crippen LogP contribution in [0, 0.1) is 6.92 Å². The van der Waals surface area contributed by atoms with Crippen molar-refractivity contribution in [2.45, 2.75) is 6.92 Å². The zero-order chi connectivity index (χ0) is 13.0. The first kappa shape index (κ1) is 13.1. The Morgan fingerprint density at radius 2 is 2.00 bits per heavy atom. The molecule has 2 aromatic carbocycles. The van der Waals surface area contributed by atoms with E-state index in [2.05, 4.69) is 26.5 Å². The maximum Gasteiger partial charge on any atom is 0.0576 e. The average Bonchev–Trinajstić information content (AvgIpc) is 2.36. The second kappa shape index (κ2) is 6.03. The third kappa shape index (κ3) is 3.34. The van der Waals surface area contributed by atoms with E-state index >= 15 is 0 Å². The molecule has 0 aromatic heterocycles. The second-order valence-electron chi connectivity index (χ2n) is 3.86. The van der Waals surface area contributed by atoms with Crippen molar-refractivity contribution in [3.63, 3.8) is 0 Å². The normalized spacial score (nSPS) is 10.8. The molecule has 0 spiro atoms. The SMILES string of the molecule is Cc1ccc(N/N=C\c2ccccc2Br)cc1Cl. The molecule has 1 N–H and O–H groups in total. The van der Waals surface area contributed by atoms with Gasteiger partial charge in [-0.05, 0) is 30.7 Å². The molecule has 0 fully saturated rings. The van der Waals surface area contributed by atoms with Crippen molar-refractivity contribution in [3.8, 4) is 0 Å². The molecular weight excluding hydrogens is 312 g/mol. The molecule has 0 bridgehead atoms. The molecule has 0 atom stereocenters. The van der Waals surface area contributed by atoms with Crippen LogP contribution in [-0.4, -0.2) is 6.21 Å². The summed E-state index contributed by atoms with van der Waals surface area (Å²) in [7, 11) is 0. The molecule has 2 nitrogen and oxygen atoms in total. The summed E-state index contributed by atoms with van der Waals surface area (Å²) >= 11 is 9.50. The fourth-order valence-electron chi connectivity index (χ4n) is 1.42. The third-order valence-corrected chi connectivity index (χ3v) is 3.60. The van der Waals surface area contributed by atoms with Gasteiger partial charge in [0.25, 0.3) is 0 Å². The molecule has 2 rings (SSSR count). The van der Waals surface area contributed by atoms with Crippen LogP contribution in [0.5, 0.6) is 0 Å². The van der Waals surface area contributed by atoms with Crippen LogP contribution in [0.1, 0.15) is 11.1 Å². The van der Waals surface area contributed by atoms with Crippen LogP contribution in [0.2, 0.25) is 5.02 Å². The quantitative estimate of drug-likeness (QED) is 0.633. The lowest BCUT2D eigenvalue weighted by molar-refractivity contribution is 1.33. The number of hydrazone groups is 1. The van der Waals surface area contributed by atoms with E-state index in [4.69, 9.17) is 11.6 Å². The summed E-state index contributed by atoms with van der Waals surface area (Å²) < 4.78 is 1.01. The molecule has 0 saturated heterocycles. The maximum atomic E-state index is 6.04. The van der Waals surface area contributed by atoms with Gasteiger partial charge in [-0.1, -0.05) is 51.8 Å². The fourth-order valence-corrected chi connectivity index (χ4v) is 1.99. The Hall–Kier alpha value is -1.32. The van der Waals surface area contributed by atoms with Gasteiger partial charge in [0.2, 0.25) is 0 Å². The molecule has 0 aliphatic rings. The van der Waals surface area contributed by atoms with Gasteiger partial charge in [-0.15, -0.1) is 0 Å². The Labute approximate surface area is 120 Å². The van der Waals surface area contributed by atoms with Gasteiger partial charge in [0, 0.05) is 15.1 Å². The van der Waals surface area contributed by atoms with Crippen LogP contribution >= 0.6 is 27.5 Å². The van der Waals surface area contributed by atoms with Crippen LogP contribution in [0.3, 0.4) is 0 Å². The fraction of sp³-hybridized carbons (Fsp3) is 0.0714. The number of benzene rings is 2. The first-order chi connectivity index (χ1) is 8.66. The zero-order valence-corrected chi connectivity index (χ0v) is 12.2. The molecule has 92 valence electrons. The lowest BCUT2D eigenvalue weighted by Gasteiger charge is -2.03. The smallest absolute Gasteiger partial charge is 0.0576 e. The Balaban J connectivity index is 2.07. The molecule has 18 heavy (non-hydrogen) atoms. The Morgan fingerprint density at radius 1 is 1.22 bits per heavy atom. The van der Waals surface area contributed by atoms with E-state index in [1.807, 2.05) is 49.4 Å². The molecule has 0 aliphatic carbocycles. The number of halogens is 2. The van der Waals surface area contributed by atoms with Gasteiger partial charge < -0.3 is 0 Å². The molecule has 0 unspecified atom stereocenters. The summed E-state index contributed by atoms with van der Waals surface area (Å²) in [5.74, 6) is 0. The second-order valence-corrected chi connectivity index (χ2v) is 5.12. The number of aryl methyl sites for hydroxylation is 1. The van der Waals surface area contributed by atoms with Crippen LogP contribution in [0.25, 0.3) is 0 Å². The minimum Gasteiger partial charge on any atom is -0.278 e. The van der Waals surface area contributed by atoms with E-state index < -0.39 is 0 Å². The molecular formula is C14H12BrClN2. The highest BCUT2D eigenvalue weighted by atomic mass is 79.9. The number of hydrogen-bond donors (Lipinski definition) is 1. The standard InChI is InChI=1S/C14H12BrClN2/c1-10-6-7-12(8-14(10)16)18-17-9-11-4-2-3-5-13(11)15/h2-9,18H,1H3/b17-9-. The highest BCUT2D eigenvalue weighted by Gasteiger charge is 1.97. The summed E-state index contributed by atoms with van der Waals surface area (Å²) in [5, 5.41) is 4.91. The summed E-state index contributed by atoms with van der Waals surface area (Å²) in [6, 6.07) is 13.6. The molecule has 2 aromatic rings. The van der Waals surface area contributed by atoms with Crippen molar-refractivity contribution in [1.82, 2.24) is 0 Å². The van der Waals surface area contributed by atoms with Gasteiger partial charge in [0.1, 0.15) is 0 Å². The molecule has 0 aliphatic heterocycles. The number of anilines is 1. The number of nitrogens with zero attached hydrogens (tertiary/aromatic N) is 1. The summed E-state index contributed by atoms with van der Waals surface area (Å²) in [6.07, 6.45) is 1.76.